The van der Waals surface area contributed by atoms with Gasteiger partial charge in [-0.25, -0.2) is 0 Å². The molecule has 2 N–H and O–H groups in total. The number of amidine groups is 1. The number of aryl methyl sites for hydroxylation is 2. The highest BCUT2D eigenvalue weighted by atomic mass is 16.5. The van der Waals surface area contributed by atoms with Crippen molar-refractivity contribution in [3.05, 3.63) is 53.2 Å². The first-order valence-electron chi connectivity index (χ1n) is 9.72. The minimum Gasteiger partial charge on any atom is -0.472 e. The molecule has 9 nitrogen and oxygen atoms in total. The van der Waals surface area contributed by atoms with Crippen molar-refractivity contribution >= 4 is 5.84 Å². The van der Waals surface area contributed by atoms with Gasteiger partial charge in [0.05, 0.1) is 17.7 Å². The lowest BCUT2D eigenvalue weighted by Gasteiger charge is -2.16. The molecular formula is C21H24N6O3. The maximum Gasteiger partial charge on any atom is 0.233 e. The first kappa shape index (κ1) is 20.0. The van der Waals surface area contributed by atoms with E-state index < -0.39 is 0 Å². The minimum atomic E-state index is -0.312. The molecule has 0 bridgehead atoms. The molecule has 0 saturated carbocycles. The van der Waals surface area contributed by atoms with Crippen molar-refractivity contribution in [1.82, 2.24) is 20.3 Å². The Bertz CT molecular complexity index is 1040. The van der Waals surface area contributed by atoms with Gasteiger partial charge in [0.1, 0.15) is 29.6 Å². The molecule has 1 unspecified atom stereocenters. The molecule has 4 rings (SSSR count). The van der Waals surface area contributed by atoms with Gasteiger partial charge in [-0.3, -0.25) is 9.98 Å². The lowest BCUT2D eigenvalue weighted by atomic mass is 10.0. The molecule has 0 spiro atoms. The summed E-state index contributed by atoms with van der Waals surface area (Å²) in [6.07, 6.45) is 2.60. The topological polar surface area (TPSA) is 122 Å². The Morgan fingerprint density at radius 1 is 1.23 bits per heavy atom. The minimum absolute atomic E-state index is 0.242. The number of rotatable bonds is 6. The smallest absolute Gasteiger partial charge is 0.233 e. The van der Waals surface area contributed by atoms with Crippen LogP contribution in [-0.4, -0.2) is 44.9 Å². The van der Waals surface area contributed by atoms with Crippen LogP contribution in [0, 0.1) is 13.8 Å². The van der Waals surface area contributed by atoms with Crippen LogP contribution in [0.2, 0.25) is 0 Å². The van der Waals surface area contributed by atoms with Crippen molar-refractivity contribution in [3.63, 3.8) is 0 Å². The number of pyridine rings is 1. The molecule has 156 valence electrons. The highest BCUT2D eigenvalue weighted by Crippen LogP contribution is 2.26. The molecule has 1 atom stereocenters. The second-order valence-corrected chi connectivity index (χ2v) is 7.60. The zero-order valence-electron chi connectivity index (χ0n) is 17.3. The van der Waals surface area contributed by atoms with E-state index in [1.807, 2.05) is 32.9 Å². The molecule has 1 aliphatic rings. The van der Waals surface area contributed by atoms with Crippen LogP contribution < -0.4 is 10.5 Å². The molecule has 1 fully saturated rings. The van der Waals surface area contributed by atoms with Gasteiger partial charge in [0.2, 0.25) is 5.88 Å². The molecule has 0 aromatic carbocycles. The van der Waals surface area contributed by atoms with Crippen molar-refractivity contribution in [3.8, 4) is 17.1 Å². The first-order chi connectivity index (χ1) is 14.4. The Kier molecular flexibility index (Phi) is 5.45. The molecule has 1 saturated heterocycles. The van der Waals surface area contributed by atoms with Crippen LogP contribution in [0.3, 0.4) is 0 Å². The number of aliphatic imine (C=N–C) groups is 1. The lowest BCUT2D eigenvalue weighted by molar-refractivity contribution is 0.182. The number of nitrogens with two attached hydrogens (primary N) is 1. The van der Waals surface area contributed by atoms with Gasteiger partial charge in [-0.1, -0.05) is 5.16 Å². The first-order valence-corrected chi connectivity index (χ1v) is 9.72. The molecule has 0 aliphatic carbocycles. The van der Waals surface area contributed by atoms with E-state index in [9.17, 15) is 0 Å². The largest absolute Gasteiger partial charge is 0.472 e. The number of hydrogen-bond acceptors (Lipinski definition) is 8. The van der Waals surface area contributed by atoms with Crippen molar-refractivity contribution in [2.45, 2.75) is 39.3 Å². The van der Waals surface area contributed by atoms with Crippen LogP contribution >= 0.6 is 0 Å². The van der Waals surface area contributed by atoms with Gasteiger partial charge in [0.25, 0.3) is 0 Å². The molecule has 9 heteroatoms. The van der Waals surface area contributed by atoms with Gasteiger partial charge in [-0.05, 0) is 45.4 Å². The monoisotopic (exact) mass is 408 g/mol. The molecule has 0 amide bonds. The molecule has 3 aromatic heterocycles. The summed E-state index contributed by atoms with van der Waals surface area (Å²) < 4.78 is 16.6. The van der Waals surface area contributed by atoms with Gasteiger partial charge in [0.15, 0.2) is 0 Å². The van der Waals surface area contributed by atoms with E-state index in [-0.39, 0.29) is 12.1 Å². The predicted molar refractivity (Wildman–Crippen MR) is 110 cm³/mol. The standard InChI is InChI=1S/C21H24N6O3/c1-13-4-5-15(10-23-13)19-16(14(2)30-27-19)11-29-18-7-6-17(25-26-18)20(22)24-21(3)8-9-28-12-21/h4-7,10H,8-9,11-12H2,1-3H3,(H2,22,24). The van der Waals surface area contributed by atoms with E-state index >= 15 is 0 Å². The summed E-state index contributed by atoms with van der Waals surface area (Å²) in [7, 11) is 0. The fourth-order valence-corrected chi connectivity index (χ4v) is 3.17. The second kappa shape index (κ2) is 8.19. The molecule has 4 heterocycles. The Labute approximate surface area is 174 Å². The maximum absolute atomic E-state index is 6.10. The average molecular weight is 408 g/mol. The van der Waals surface area contributed by atoms with Crippen LogP contribution in [0.25, 0.3) is 11.3 Å². The fraction of sp³-hybridized carbons (Fsp3) is 0.381. The SMILES string of the molecule is Cc1ccc(-c2noc(C)c2COc2ccc(C(N)=NC3(C)CCOC3)nn2)cn1. The van der Waals surface area contributed by atoms with Crippen molar-refractivity contribution in [2.24, 2.45) is 10.7 Å². The van der Waals surface area contributed by atoms with Crippen molar-refractivity contribution in [1.29, 1.82) is 0 Å². The van der Waals surface area contributed by atoms with E-state index in [2.05, 4.69) is 25.3 Å². The molecule has 3 aromatic rings. The highest BCUT2D eigenvalue weighted by Gasteiger charge is 2.29. The third-order valence-electron chi connectivity index (χ3n) is 5.02. The quantitative estimate of drug-likeness (QED) is 0.488. The van der Waals surface area contributed by atoms with Gasteiger partial charge < -0.3 is 19.7 Å². The van der Waals surface area contributed by atoms with Crippen molar-refractivity contribution in [2.75, 3.05) is 13.2 Å². The number of aromatic nitrogens is 4. The summed E-state index contributed by atoms with van der Waals surface area (Å²) >= 11 is 0. The Hall–Kier alpha value is -3.33. The summed E-state index contributed by atoms with van der Waals surface area (Å²) in [5.74, 6) is 1.39. The average Bonchev–Trinajstić information content (AvgIpc) is 3.33. The van der Waals surface area contributed by atoms with Crippen LogP contribution in [0.1, 0.15) is 36.1 Å². The Morgan fingerprint density at radius 3 is 2.77 bits per heavy atom. The molecular weight excluding hydrogens is 384 g/mol. The Morgan fingerprint density at radius 2 is 2.10 bits per heavy atom. The van der Waals surface area contributed by atoms with Gasteiger partial charge in [-0.2, -0.15) is 0 Å². The number of hydrogen-bond donors (Lipinski definition) is 1. The summed E-state index contributed by atoms with van der Waals surface area (Å²) in [4.78, 5) is 8.87. The summed E-state index contributed by atoms with van der Waals surface area (Å²) in [6, 6.07) is 7.34. The summed E-state index contributed by atoms with van der Waals surface area (Å²) in [6.45, 7) is 7.28. The van der Waals surface area contributed by atoms with E-state index in [0.717, 1.165) is 23.2 Å². The van der Waals surface area contributed by atoms with E-state index in [1.165, 1.54) is 0 Å². The van der Waals surface area contributed by atoms with Crippen LogP contribution in [0.15, 0.2) is 40.0 Å². The number of ether oxygens (including phenoxy) is 2. The van der Waals surface area contributed by atoms with Crippen LogP contribution in [0.5, 0.6) is 5.88 Å². The zero-order chi connectivity index (χ0) is 21.1. The second-order valence-electron chi connectivity index (χ2n) is 7.60. The van der Waals surface area contributed by atoms with Crippen molar-refractivity contribution < 1.29 is 14.0 Å². The normalized spacial score (nSPS) is 19.2. The van der Waals surface area contributed by atoms with Gasteiger partial charge in [-0.15, -0.1) is 10.2 Å². The van der Waals surface area contributed by atoms with E-state index in [0.29, 0.717) is 42.1 Å². The van der Waals surface area contributed by atoms with E-state index in [4.69, 9.17) is 19.7 Å². The maximum atomic E-state index is 6.10. The predicted octanol–water partition coefficient (Wildman–Crippen LogP) is 2.61. The van der Waals surface area contributed by atoms with E-state index in [1.54, 1.807) is 18.3 Å². The Balaban J connectivity index is 1.46. The fourth-order valence-electron chi connectivity index (χ4n) is 3.17. The molecule has 30 heavy (non-hydrogen) atoms. The zero-order valence-corrected chi connectivity index (χ0v) is 17.3. The molecule has 0 radical (unpaired) electrons. The lowest BCUT2D eigenvalue weighted by Crippen LogP contribution is -2.28. The highest BCUT2D eigenvalue weighted by molar-refractivity contribution is 5.95. The third kappa shape index (κ3) is 4.30. The van der Waals surface area contributed by atoms with Gasteiger partial charge in [0, 0.05) is 30.1 Å². The van der Waals surface area contributed by atoms with Crippen LogP contribution in [0.4, 0.5) is 0 Å². The third-order valence-corrected chi connectivity index (χ3v) is 5.02. The summed E-state index contributed by atoms with van der Waals surface area (Å²) in [5, 5.41) is 12.4. The number of nitrogens with zero attached hydrogens (tertiary/aromatic N) is 5. The summed E-state index contributed by atoms with van der Waals surface area (Å²) in [5.41, 5.74) is 9.63. The van der Waals surface area contributed by atoms with Crippen LogP contribution in [-0.2, 0) is 11.3 Å². The molecule has 1 aliphatic heterocycles. The van der Waals surface area contributed by atoms with Gasteiger partial charge >= 0.3 is 0 Å².